The molecule has 0 aliphatic rings. The molecule has 3 N–H and O–H groups in total. The second-order valence-corrected chi connectivity index (χ2v) is 3.29. The second kappa shape index (κ2) is 7.25. The van der Waals surface area contributed by atoms with Crippen LogP contribution in [0.2, 0.25) is 0 Å². The first-order chi connectivity index (χ1) is 8.63. The number of amides is 1. The number of hydrogen-bond donors (Lipinski definition) is 3. The van der Waals surface area contributed by atoms with E-state index in [-0.39, 0.29) is 6.61 Å². The number of carbonyl (C=O) groups is 2. The van der Waals surface area contributed by atoms with Crippen molar-refractivity contribution < 1.29 is 29.4 Å². The fraction of sp³-hybridized carbons (Fsp3) is 0.273. The quantitative estimate of drug-likeness (QED) is 0.631. The van der Waals surface area contributed by atoms with Gasteiger partial charge in [-0.1, -0.05) is 30.3 Å². The first-order valence-electron chi connectivity index (χ1n) is 5.09. The maximum atomic E-state index is 11.1. The molecule has 18 heavy (non-hydrogen) atoms. The van der Waals surface area contributed by atoms with Crippen molar-refractivity contribution in [2.45, 2.75) is 12.7 Å². The van der Waals surface area contributed by atoms with Gasteiger partial charge in [-0.15, -0.1) is 0 Å². The van der Waals surface area contributed by atoms with Crippen LogP contribution in [0.15, 0.2) is 30.3 Å². The Morgan fingerprint density at radius 2 is 1.94 bits per heavy atom. The lowest BCUT2D eigenvalue weighted by molar-refractivity contribution is -0.157. The van der Waals surface area contributed by atoms with E-state index in [0.29, 0.717) is 0 Å². The smallest absolute Gasteiger partial charge is 0.431 e. The summed E-state index contributed by atoms with van der Waals surface area (Å²) in [4.78, 5) is 26.0. The average Bonchev–Trinajstić information content (AvgIpc) is 2.38. The van der Waals surface area contributed by atoms with Crippen LogP contribution in [0.4, 0.5) is 4.79 Å². The van der Waals surface area contributed by atoms with Gasteiger partial charge in [-0.05, 0) is 5.56 Å². The Balaban J connectivity index is 2.28. The highest BCUT2D eigenvalue weighted by atomic mass is 16.7. The zero-order chi connectivity index (χ0) is 13.4. The third-order valence-corrected chi connectivity index (χ3v) is 1.94. The van der Waals surface area contributed by atoms with Crippen LogP contribution in [0.3, 0.4) is 0 Å². The van der Waals surface area contributed by atoms with E-state index in [0.717, 1.165) is 5.56 Å². The molecule has 0 unspecified atom stereocenters. The lowest BCUT2D eigenvalue weighted by atomic mass is 10.2. The van der Waals surface area contributed by atoms with Crippen molar-refractivity contribution in [3.63, 3.8) is 0 Å². The van der Waals surface area contributed by atoms with Gasteiger partial charge in [0.15, 0.2) is 0 Å². The van der Waals surface area contributed by atoms with Crippen molar-refractivity contribution in [2.75, 3.05) is 6.61 Å². The molecule has 0 saturated carbocycles. The summed E-state index contributed by atoms with van der Waals surface area (Å²) in [5, 5.41) is 17.1. The maximum absolute atomic E-state index is 11.1. The number of benzene rings is 1. The van der Waals surface area contributed by atoms with Crippen LogP contribution in [-0.2, 0) is 21.0 Å². The van der Waals surface area contributed by atoms with E-state index >= 15 is 0 Å². The molecular weight excluding hydrogens is 242 g/mol. The number of aliphatic hydroxyl groups excluding tert-OH is 1. The fourth-order valence-corrected chi connectivity index (χ4v) is 1.04. The van der Waals surface area contributed by atoms with Gasteiger partial charge in [-0.3, -0.25) is 4.84 Å². The SMILES string of the molecule is O=C(NO[C@H](CO)C(=O)O)OCc1ccccc1. The number of carboxylic acid groups (broad SMARTS) is 1. The molecule has 0 aromatic heterocycles. The minimum atomic E-state index is -1.52. The number of ether oxygens (including phenoxy) is 1. The van der Waals surface area contributed by atoms with Gasteiger partial charge >= 0.3 is 12.1 Å². The zero-order valence-electron chi connectivity index (χ0n) is 9.41. The Labute approximate surface area is 103 Å². The van der Waals surface area contributed by atoms with Gasteiger partial charge in [0, 0.05) is 0 Å². The van der Waals surface area contributed by atoms with Crippen molar-refractivity contribution in [1.29, 1.82) is 0 Å². The number of nitrogens with one attached hydrogen (secondary N) is 1. The standard InChI is InChI=1S/C11H13NO6/c13-6-9(10(14)15)18-12-11(16)17-7-8-4-2-1-3-5-8/h1-5,9,13H,6-7H2,(H,12,16)(H,14,15)/t9-/m1/s1. The summed E-state index contributed by atoms with van der Waals surface area (Å²) in [7, 11) is 0. The number of aliphatic hydroxyl groups is 1. The molecule has 7 nitrogen and oxygen atoms in total. The molecule has 0 aliphatic carbocycles. The van der Waals surface area contributed by atoms with Gasteiger partial charge < -0.3 is 14.9 Å². The van der Waals surface area contributed by atoms with Crippen molar-refractivity contribution in [3.8, 4) is 0 Å². The Kier molecular flexibility index (Phi) is 5.62. The summed E-state index contributed by atoms with van der Waals surface area (Å²) in [6, 6.07) is 8.94. The lowest BCUT2D eigenvalue weighted by Crippen LogP contribution is -2.36. The van der Waals surface area contributed by atoms with E-state index in [2.05, 4.69) is 4.84 Å². The lowest BCUT2D eigenvalue weighted by Gasteiger charge is -2.11. The van der Waals surface area contributed by atoms with E-state index in [1.165, 1.54) is 0 Å². The third-order valence-electron chi connectivity index (χ3n) is 1.94. The summed E-state index contributed by atoms with van der Waals surface area (Å²) >= 11 is 0. The monoisotopic (exact) mass is 255 g/mol. The van der Waals surface area contributed by atoms with Crippen molar-refractivity contribution in [2.24, 2.45) is 0 Å². The minimum absolute atomic E-state index is 0.0346. The molecular formula is C11H13NO6. The largest absolute Gasteiger partial charge is 0.479 e. The molecule has 1 atom stereocenters. The number of carbonyl (C=O) groups excluding carboxylic acids is 1. The first-order valence-corrected chi connectivity index (χ1v) is 5.09. The highest BCUT2D eigenvalue weighted by Crippen LogP contribution is 2.00. The van der Waals surface area contributed by atoms with Crippen LogP contribution in [0.5, 0.6) is 0 Å². The van der Waals surface area contributed by atoms with Crippen molar-refractivity contribution in [1.82, 2.24) is 5.48 Å². The van der Waals surface area contributed by atoms with Crippen molar-refractivity contribution in [3.05, 3.63) is 35.9 Å². The third kappa shape index (κ3) is 4.81. The Morgan fingerprint density at radius 1 is 1.28 bits per heavy atom. The predicted molar refractivity (Wildman–Crippen MR) is 59.4 cm³/mol. The van der Waals surface area contributed by atoms with E-state index in [1.807, 2.05) is 6.07 Å². The Morgan fingerprint density at radius 3 is 2.50 bits per heavy atom. The van der Waals surface area contributed by atoms with E-state index in [4.69, 9.17) is 14.9 Å². The normalized spacial score (nSPS) is 11.6. The highest BCUT2D eigenvalue weighted by molar-refractivity contribution is 5.73. The van der Waals surface area contributed by atoms with Crippen LogP contribution in [0.25, 0.3) is 0 Å². The summed E-state index contributed by atoms with van der Waals surface area (Å²) in [5.41, 5.74) is 2.57. The van der Waals surface area contributed by atoms with E-state index in [9.17, 15) is 9.59 Å². The average molecular weight is 255 g/mol. The summed E-state index contributed by atoms with van der Waals surface area (Å²) < 4.78 is 4.75. The maximum Gasteiger partial charge on any atom is 0.431 e. The van der Waals surface area contributed by atoms with Gasteiger partial charge in [0.2, 0.25) is 6.10 Å². The highest BCUT2D eigenvalue weighted by Gasteiger charge is 2.18. The molecule has 7 heteroatoms. The number of rotatable bonds is 6. The molecule has 0 saturated heterocycles. The van der Waals surface area contributed by atoms with Gasteiger partial charge in [-0.25, -0.2) is 9.59 Å². The molecule has 0 spiro atoms. The number of aliphatic carboxylic acids is 1. The molecule has 1 aromatic carbocycles. The first kappa shape index (κ1) is 13.9. The molecule has 0 bridgehead atoms. The summed E-state index contributed by atoms with van der Waals surface area (Å²) in [5.74, 6) is -1.39. The Hall–Kier alpha value is -2.12. The predicted octanol–water partition coefficient (Wildman–Crippen LogP) is 0.290. The molecule has 0 aliphatic heterocycles. The fourth-order valence-electron chi connectivity index (χ4n) is 1.04. The second-order valence-electron chi connectivity index (χ2n) is 3.29. The molecule has 1 aromatic rings. The van der Waals surface area contributed by atoms with Gasteiger partial charge in [0.05, 0.1) is 6.61 Å². The van der Waals surface area contributed by atoms with Gasteiger partial charge in [0.1, 0.15) is 6.61 Å². The number of hydroxylamine groups is 1. The molecule has 0 radical (unpaired) electrons. The van der Waals surface area contributed by atoms with Gasteiger partial charge in [0.25, 0.3) is 0 Å². The molecule has 1 rings (SSSR count). The zero-order valence-corrected chi connectivity index (χ0v) is 9.41. The molecule has 98 valence electrons. The molecule has 0 fully saturated rings. The summed E-state index contributed by atoms with van der Waals surface area (Å²) in [6.07, 6.45) is -2.45. The van der Waals surface area contributed by atoms with Crippen molar-refractivity contribution >= 4 is 12.1 Å². The van der Waals surface area contributed by atoms with E-state index in [1.54, 1.807) is 29.7 Å². The number of carboxylic acids is 1. The van der Waals surface area contributed by atoms with Crippen LogP contribution in [0.1, 0.15) is 5.56 Å². The molecule has 0 heterocycles. The topological polar surface area (TPSA) is 105 Å². The van der Waals surface area contributed by atoms with Crippen LogP contribution in [-0.4, -0.2) is 35.0 Å². The Bertz CT molecular complexity index is 394. The van der Waals surface area contributed by atoms with Crippen LogP contribution >= 0.6 is 0 Å². The summed E-state index contributed by atoms with van der Waals surface area (Å²) in [6.45, 7) is -0.721. The number of hydrogen-bond acceptors (Lipinski definition) is 5. The van der Waals surface area contributed by atoms with E-state index < -0.39 is 24.8 Å². The minimum Gasteiger partial charge on any atom is -0.479 e. The molecule has 1 amide bonds. The van der Waals surface area contributed by atoms with Gasteiger partial charge in [-0.2, -0.15) is 5.48 Å². The van der Waals surface area contributed by atoms with Crippen LogP contribution < -0.4 is 5.48 Å². The van der Waals surface area contributed by atoms with Crippen LogP contribution in [0, 0.1) is 0 Å².